The number of benzene rings is 2. The standard InChI is InChI=1S/C31H41N5O4/c1-19-27(25-17-22(29(32)38)11-12-26(25)36(20(2)37)28(19)21-9-10-21)33-23-7-6-8-24(18-23)34-13-15-35(16-14-34)30(39)40-31(3,4)5/h6-8,11-12,17-19,21,27-28,33H,9-10,13-16H2,1-5H3,(H2,32,38)/t19-,27-,28+/m1/s1. The summed E-state index contributed by atoms with van der Waals surface area (Å²) in [6.45, 7) is 12.1. The molecular weight excluding hydrogens is 506 g/mol. The largest absolute Gasteiger partial charge is 0.444 e. The lowest BCUT2D eigenvalue weighted by molar-refractivity contribution is -0.117. The lowest BCUT2D eigenvalue weighted by Gasteiger charge is -2.46. The molecule has 0 spiro atoms. The van der Waals surface area contributed by atoms with Crippen LogP contribution in [-0.4, -0.2) is 60.6 Å². The first kappa shape index (κ1) is 27.8. The number of carbonyl (C=O) groups excluding carboxylic acids is 3. The Morgan fingerprint density at radius 2 is 1.70 bits per heavy atom. The van der Waals surface area contributed by atoms with Crippen LogP contribution in [0.4, 0.5) is 21.9 Å². The van der Waals surface area contributed by atoms with Gasteiger partial charge >= 0.3 is 6.09 Å². The van der Waals surface area contributed by atoms with E-state index in [4.69, 9.17) is 10.5 Å². The second-order valence-electron chi connectivity index (χ2n) is 12.3. The molecule has 5 rings (SSSR count). The fraction of sp³-hybridized carbons (Fsp3) is 0.516. The predicted molar refractivity (Wildman–Crippen MR) is 157 cm³/mol. The Hall–Kier alpha value is -3.75. The molecule has 2 fully saturated rings. The van der Waals surface area contributed by atoms with Gasteiger partial charge in [-0.1, -0.05) is 13.0 Å². The Morgan fingerprint density at radius 1 is 1.00 bits per heavy atom. The Bertz CT molecular complexity index is 1290. The van der Waals surface area contributed by atoms with Crippen molar-refractivity contribution in [3.8, 4) is 0 Å². The molecule has 40 heavy (non-hydrogen) atoms. The minimum atomic E-state index is -0.513. The molecule has 3 N–H and O–H groups in total. The van der Waals surface area contributed by atoms with Crippen LogP contribution in [0.3, 0.4) is 0 Å². The summed E-state index contributed by atoms with van der Waals surface area (Å²) in [5, 5.41) is 3.76. The van der Waals surface area contributed by atoms with Crippen LogP contribution in [0, 0.1) is 11.8 Å². The average molecular weight is 548 g/mol. The van der Waals surface area contributed by atoms with Crippen molar-refractivity contribution in [3.63, 3.8) is 0 Å². The van der Waals surface area contributed by atoms with E-state index >= 15 is 0 Å². The second-order valence-corrected chi connectivity index (χ2v) is 12.3. The van der Waals surface area contributed by atoms with Crippen molar-refractivity contribution in [2.75, 3.05) is 41.3 Å². The molecule has 9 heteroatoms. The Labute approximate surface area is 236 Å². The van der Waals surface area contributed by atoms with Gasteiger partial charge in [0.2, 0.25) is 11.8 Å². The van der Waals surface area contributed by atoms with Crippen molar-refractivity contribution in [3.05, 3.63) is 53.6 Å². The minimum Gasteiger partial charge on any atom is -0.444 e. The molecule has 2 heterocycles. The fourth-order valence-electron chi connectivity index (χ4n) is 6.16. The zero-order valence-corrected chi connectivity index (χ0v) is 24.1. The number of ether oxygens (including phenoxy) is 1. The summed E-state index contributed by atoms with van der Waals surface area (Å²) in [4.78, 5) is 43.4. The van der Waals surface area contributed by atoms with Crippen LogP contribution in [0.5, 0.6) is 0 Å². The third-order valence-corrected chi connectivity index (χ3v) is 8.18. The molecule has 214 valence electrons. The molecule has 2 aliphatic heterocycles. The number of piperazine rings is 1. The minimum absolute atomic E-state index is 0.0165. The van der Waals surface area contributed by atoms with Crippen molar-refractivity contribution < 1.29 is 19.1 Å². The first-order valence-electron chi connectivity index (χ1n) is 14.3. The maximum absolute atomic E-state index is 12.9. The number of rotatable bonds is 5. The van der Waals surface area contributed by atoms with E-state index in [2.05, 4.69) is 29.3 Å². The lowest BCUT2D eigenvalue weighted by Crippen LogP contribution is -2.51. The summed E-state index contributed by atoms with van der Waals surface area (Å²) in [6.07, 6.45) is 1.96. The second kappa shape index (κ2) is 10.7. The third-order valence-electron chi connectivity index (χ3n) is 8.18. The molecule has 3 amide bonds. The quantitative estimate of drug-likeness (QED) is 0.558. The summed E-state index contributed by atoms with van der Waals surface area (Å²) >= 11 is 0. The normalized spacial score (nSPS) is 22.9. The molecule has 0 radical (unpaired) electrons. The highest BCUT2D eigenvalue weighted by atomic mass is 16.6. The van der Waals surface area contributed by atoms with Crippen molar-refractivity contribution in [2.24, 2.45) is 17.6 Å². The van der Waals surface area contributed by atoms with Gasteiger partial charge < -0.3 is 30.5 Å². The molecule has 2 aromatic rings. The number of hydrogen-bond donors (Lipinski definition) is 2. The van der Waals surface area contributed by atoms with Gasteiger partial charge in [-0.25, -0.2) is 4.79 Å². The monoisotopic (exact) mass is 547 g/mol. The number of nitrogens with zero attached hydrogens (tertiary/aromatic N) is 3. The molecule has 0 unspecified atom stereocenters. The Kier molecular flexibility index (Phi) is 7.42. The van der Waals surface area contributed by atoms with Gasteiger partial charge in [-0.05, 0) is 81.5 Å². The predicted octanol–water partition coefficient (Wildman–Crippen LogP) is 4.78. The number of fused-ring (bicyclic) bond motifs is 1. The molecule has 1 aliphatic carbocycles. The summed E-state index contributed by atoms with van der Waals surface area (Å²) in [6, 6.07) is 13.7. The summed E-state index contributed by atoms with van der Waals surface area (Å²) in [5.41, 5.74) is 9.36. The maximum Gasteiger partial charge on any atom is 0.410 e. The van der Waals surface area contributed by atoms with Gasteiger partial charge in [-0.15, -0.1) is 0 Å². The van der Waals surface area contributed by atoms with Crippen LogP contribution < -0.4 is 20.9 Å². The Morgan fingerprint density at radius 3 is 2.30 bits per heavy atom. The van der Waals surface area contributed by atoms with E-state index in [9.17, 15) is 14.4 Å². The summed E-state index contributed by atoms with van der Waals surface area (Å²) in [7, 11) is 0. The van der Waals surface area contributed by atoms with Gasteiger partial charge in [0.25, 0.3) is 0 Å². The first-order chi connectivity index (χ1) is 18.9. The number of carbonyl (C=O) groups is 3. The molecule has 1 saturated carbocycles. The fourth-order valence-corrected chi connectivity index (χ4v) is 6.16. The van der Waals surface area contributed by atoms with E-state index in [0.717, 1.165) is 35.5 Å². The van der Waals surface area contributed by atoms with Crippen molar-refractivity contribution in [2.45, 2.75) is 65.1 Å². The summed E-state index contributed by atoms with van der Waals surface area (Å²) in [5.74, 6) is 0.121. The molecule has 0 bridgehead atoms. The number of primary amides is 1. The van der Waals surface area contributed by atoms with Crippen LogP contribution in [0.1, 0.15) is 69.4 Å². The van der Waals surface area contributed by atoms with Crippen LogP contribution in [0.15, 0.2) is 42.5 Å². The molecule has 1 saturated heterocycles. The molecule has 3 atom stereocenters. The van der Waals surface area contributed by atoms with E-state index < -0.39 is 11.5 Å². The van der Waals surface area contributed by atoms with E-state index in [1.54, 1.807) is 17.9 Å². The highest BCUT2D eigenvalue weighted by Crippen LogP contribution is 2.50. The maximum atomic E-state index is 12.9. The number of anilines is 3. The van der Waals surface area contributed by atoms with E-state index in [-0.39, 0.29) is 30.0 Å². The van der Waals surface area contributed by atoms with E-state index in [0.29, 0.717) is 37.7 Å². The van der Waals surface area contributed by atoms with E-state index in [1.807, 2.05) is 49.9 Å². The van der Waals surface area contributed by atoms with Crippen LogP contribution >= 0.6 is 0 Å². The molecule has 0 aromatic heterocycles. The third kappa shape index (κ3) is 5.74. The number of hydrogen-bond acceptors (Lipinski definition) is 6. The SMILES string of the molecule is CC(=O)N1c2ccc(C(N)=O)cc2[C@H](Nc2cccc(N3CCN(C(=O)OC(C)(C)C)CC3)c2)[C@@H](C)[C@H]1C1CC1. The molecule has 2 aromatic carbocycles. The van der Waals surface area contributed by atoms with Gasteiger partial charge in [0, 0.05) is 67.7 Å². The number of nitrogens with one attached hydrogen (secondary N) is 1. The van der Waals surface area contributed by atoms with Gasteiger partial charge in [0.1, 0.15) is 5.60 Å². The molecular formula is C31H41N5O4. The van der Waals surface area contributed by atoms with Crippen molar-refractivity contribution in [1.29, 1.82) is 0 Å². The van der Waals surface area contributed by atoms with Crippen LogP contribution in [-0.2, 0) is 9.53 Å². The van der Waals surface area contributed by atoms with Gasteiger partial charge in [-0.2, -0.15) is 0 Å². The highest BCUT2D eigenvalue weighted by molar-refractivity contribution is 5.97. The highest BCUT2D eigenvalue weighted by Gasteiger charge is 2.47. The van der Waals surface area contributed by atoms with Crippen molar-refractivity contribution in [1.82, 2.24) is 4.90 Å². The lowest BCUT2D eigenvalue weighted by atomic mass is 9.79. The van der Waals surface area contributed by atoms with E-state index in [1.165, 1.54) is 0 Å². The average Bonchev–Trinajstić information content (AvgIpc) is 3.74. The van der Waals surface area contributed by atoms with Gasteiger partial charge in [0.05, 0.1) is 6.04 Å². The first-order valence-corrected chi connectivity index (χ1v) is 14.3. The van der Waals surface area contributed by atoms with Crippen LogP contribution in [0.2, 0.25) is 0 Å². The van der Waals surface area contributed by atoms with Gasteiger partial charge in [0.15, 0.2) is 0 Å². The molecule has 3 aliphatic rings. The Balaban J connectivity index is 1.38. The smallest absolute Gasteiger partial charge is 0.410 e. The summed E-state index contributed by atoms with van der Waals surface area (Å²) < 4.78 is 5.54. The topological polar surface area (TPSA) is 108 Å². The zero-order valence-electron chi connectivity index (χ0n) is 24.1. The number of amides is 3. The zero-order chi connectivity index (χ0) is 28.8. The number of nitrogens with two attached hydrogens (primary N) is 1. The van der Waals surface area contributed by atoms with Gasteiger partial charge in [-0.3, -0.25) is 9.59 Å². The van der Waals surface area contributed by atoms with Crippen LogP contribution in [0.25, 0.3) is 0 Å². The molecule has 9 nitrogen and oxygen atoms in total. The van der Waals surface area contributed by atoms with Crippen molar-refractivity contribution >= 4 is 35.0 Å².